The largest absolute Gasteiger partial charge is 0.573 e. The minimum Gasteiger partial charge on any atom is -0.481 e. The minimum atomic E-state index is -4.77. The predicted molar refractivity (Wildman–Crippen MR) is 101 cm³/mol. The summed E-state index contributed by atoms with van der Waals surface area (Å²) in [4.78, 5) is 24.2. The van der Waals surface area contributed by atoms with Crippen LogP contribution < -0.4 is 10.5 Å². The van der Waals surface area contributed by atoms with E-state index in [1.165, 1.54) is 12.1 Å². The Morgan fingerprint density at radius 2 is 2.00 bits per heavy atom. The number of fused-ring (bicyclic) bond motifs is 1. The van der Waals surface area contributed by atoms with Gasteiger partial charge in [-0.2, -0.15) is 0 Å². The molecule has 2 atom stereocenters. The van der Waals surface area contributed by atoms with E-state index in [0.717, 1.165) is 11.1 Å². The van der Waals surface area contributed by atoms with Gasteiger partial charge in [0.15, 0.2) is 0 Å². The number of ether oxygens (including phenoxy) is 1. The van der Waals surface area contributed by atoms with Crippen molar-refractivity contribution in [2.45, 2.75) is 25.6 Å². The van der Waals surface area contributed by atoms with Gasteiger partial charge in [-0.25, -0.2) is 4.98 Å². The van der Waals surface area contributed by atoms with Crippen LogP contribution in [0.1, 0.15) is 23.7 Å². The Hall–Kier alpha value is -3.56. The van der Waals surface area contributed by atoms with Crippen LogP contribution in [0.3, 0.4) is 0 Å². The van der Waals surface area contributed by atoms with E-state index in [9.17, 15) is 18.0 Å². The second-order valence-corrected chi connectivity index (χ2v) is 6.73. The maximum Gasteiger partial charge on any atom is 0.573 e. The first-order chi connectivity index (χ1) is 14.1. The Bertz CT molecular complexity index is 1090. The summed E-state index contributed by atoms with van der Waals surface area (Å²) in [7, 11) is 0. The summed E-state index contributed by atoms with van der Waals surface area (Å²) >= 11 is 0. The van der Waals surface area contributed by atoms with Crippen LogP contribution in [-0.2, 0) is 9.59 Å². The van der Waals surface area contributed by atoms with Crippen LogP contribution in [0, 0.1) is 12.8 Å². The second kappa shape index (κ2) is 8.05. The van der Waals surface area contributed by atoms with Crippen LogP contribution in [0.5, 0.6) is 5.75 Å². The molecule has 0 spiro atoms. The van der Waals surface area contributed by atoms with E-state index in [2.05, 4.69) is 15.5 Å². The van der Waals surface area contributed by atoms with Crippen molar-refractivity contribution in [1.29, 1.82) is 0 Å². The van der Waals surface area contributed by atoms with Gasteiger partial charge < -0.3 is 15.6 Å². The van der Waals surface area contributed by atoms with Gasteiger partial charge in [0.1, 0.15) is 11.6 Å². The average Bonchev–Trinajstić information content (AvgIpc) is 3.39. The fraction of sp³-hybridized carbons (Fsp3) is 0.250. The first kappa shape index (κ1) is 21.2. The van der Waals surface area contributed by atoms with Crippen molar-refractivity contribution in [3.8, 4) is 11.6 Å². The molecule has 1 aromatic carbocycles. The number of aryl methyl sites for hydroxylation is 1. The highest BCUT2D eigenvalue weighted by atomic mass is 19.4. The van der Waals surface area contributed by atoms with Gasteiger partial charge in [0, 0.05) is 28.8 Å². The quantitative estimate of drug-likeness (QED) is 0.627. The molecule has 7 nitrogen and oxygen atoms in total. The monoisotopic (exact) mass is 421 g/mol. The van der Waals surface area contributed by atoms with Gasteiger partial charge in [-0.15, -0.1) is 13.2 Å². The van der Waals surface area contributed by atoms with Crippen molar-refractivity contribution in [3.63, 3.8) is 0 Å². The van der Waals surface area contributed by atoms with E-state index in [-0.39, 0.29) is 18.1 Å². The summed E-state index contributed by atoms with van der Waals surface area (Å²) in [5.74, 6) is -1.18. The van der Waals surface area contributed by atoms with Gasteiger partial charge >= 0.3 is 12.3 Å². The lowest BCUT2D eigenvalue weighted by atomic mass is 10.2. The van der Waals surface area contributed by atoms with Crippen LogP contribution in [0.2, 0.25) is 0 Å². The maximum absolute atomic E-state index is 12.5. The van der Waals surface area contributed by atoms with Crippen molar-refractivity contribution >= 4 is 23.3 Å². The Morgan fingerprint density at radius 1 is 1.30 bits per heavy atom. The molecule has 3 N–H and O–H groups in total. The number of halogens is 3. The zero-order chi connectivity index (χ0) is 22.1. The first-order valence-corrected chi connectivity index (χ1v) is 8.88. The van der Waals surface area contributed by atoms with Gasteiger partial charge in [-0.05, 0) is 43.7 Å². The number of amides is 1. The summed E-state index contributed by atoms with van der Waals surface area (Å²) in [5, 5.41) is 9.86. The summed E-state index contributed by atoms with van der Waals surface area (Å²) < 4.78 is 43.4. The zero-order valence-electron chi connectivity index (χ0n) is 15.8. The third-order valence-corrected chi connectivity index (χ3v) is 4.67. The molecule has 4 rings (SSSR count). The topological polar surface area (TPSA) is 107 Å². The fourth-order valence-electron chi connectivity index (χ4n) is 3.39. The number of carboxylic acid groups (broad SMARTS) is 1. The van der Waals surface area contributed by atoms with E-state index < -0.39 is 18.2 Å². The van der Waals surface area contributed by atoms with E-state index in [1.807, 2.05) is 13.0 Å². The number of benzene rings is 1. The molecule has 2 aromatic heterocycles. The van der Waals surface area contributed by atoms with Gasteiger partial charge in [-0.3, -0.25) is 14.2 Å². The molecule has 0 radical (unpaired) electrons. The molecular formula is C20H18F3N3O4. The molecule has 0 bridgehead atoms. The molecule has 3 aromatic rings. The number of primary amides is 1. The number of rotatable bonds is 4. The first-order valence-electron chi connectivity index (χ1n) is 8.88. The highest BCUT2D eigenvalue weighted by Gasteiger charge is 2.45. The van der Waals surface area contributed by atoms with Crippen LogP contribution >= 0.6 is 0 Å². The van der Waals surface area contributed by atoms with E-state index in [0.29, 0.717) is 23.4 Å². The number of pyridine rings is 1. The lowest BCUT2D eigenvalue weighted by molar-refractivity contribution is -0.274. The summed E-state index contributed by atoms with van der Waals surface area (Å²) in [6, 6.07) is 11.3. The normalized spacial score (nSPS) is 17.7. The number of nitrogens with zero attached hydrogens (tertiary/aromatic N) is 2. The molecular weight excluding hydrogens is 403 g/mol. The summed E-state index contributed by atoms with van der Waals surface area (Å²) in [5.41, 5.74) is 6.16. The Labute approximate surface area is 168 Å². The SMILES string of the molecule is Cc1cc2ccc(OC(F)(F)F)cc2n1-c1cccc(C2CC2C(=O)O)n1.NC=O. The van der Waals surface area contributed by atoms with Gasteiger partial charge in [0.2, 0.25) is 6.41 Å². The average molecular weight is 421 g/mol. The molecule has 1 saturated carbocycles. The van der Waals surface area contributed by atoms with Crippen LogP contribution in [0.15, 0.2) is 42.5 Å². The molecule has 30 heavy (non-hydrogen) atoms. The van der Waals surface area contributed by atoms with Gasteiger partial charge in [0.25, 0.3) is 0 Å². The van der Waals surface area contributed by atoms with Gasteiger partial charge in [0.05, 0.1) is 11.4 Å². The van der Waals surface area contributed by atoms with Crippen molar-refractivity contribution < 1.29 is 32.6 Å². The molecule has 0 saturated heterocycles. The van der Waals surface area contributed by atoms with Crippen LogP contribution in [0.4, 0.5) is 13.2 Å². The highest BCUT2D eigenvalue weighted by molar-refractivity contribution is 5.84. The Balaban J connectivity index is 0.000000806. The standard InChI is InChI=1S/C19H15F3N2O3.CH3NO/c1-10-7-11-5-6-12(27-19(20,21)22)8-16(11)24(10)17-4-2-3-15(23-17)13-9-14(13)18(25)26;2-1-3/h2-8,13-14H,9H2,1H3,(H,25,26);1H,(H2,2,3). The minimum absolute atomic E-state index is 0.131. The van der Waals surface area contributed by atoms with Crippen LogP contribution in [0.25, 0.3) is 16.7 Å². The fourth-order valence-corrected chi connectivity index (χ4v) is 3.39. The maximum atomic E-state index is 12.5. The third kappa shape index (κ3) is 4.53. The van der Waals surface area contributed by atoms with Crippen LogP contribution in [-0.4, -0.2) is 33.4 Å². The molecule has 1 aliphatic carbocycles. The van der Waals surface area contributed by atoms with Gasteiger partial charge in [-0.1, -0.05) is 6.07 Å². The summed E-state index contributed by atoms with van der Waals surface area (Å²) in [6.45, 7) is 1.83. The lowest BCUT2D eigenvalue weighted by Gasteiger charge is -2.11. The van der Waals surface area contributed by atoms with Crippen molar-refractivity contribution in [2.75, 3.05) is 0 Å². The number of carboxylic acids is 1. The zero-order valence-corrected chi connectivity index (χ0v) is 15.8. The van der Waals surface area contributed by atoms with E-state index >= 15 is 0 Å². The molecule has 1 fully saturated rings. The number of carbonyl (C=O) groups excluding carboxylic acids is 1. The number of aliphatic carboxylic acids is 1. The smallest absolute Gasteiger partial charge is 0.481 e. The summed E-state index contributed by atoms with van der Waals surface area (Å²) in [6.07, 6.45) is -3.98. The molecule has 1 aliphatic rings. The number of carbonyl (C=O) groups is 2. The number of alkyl halides is 3. The Morgan fingerprint density at radius 3 is 2.60 bits per heavy atom. The number of hydrogen-bond donors (Lipinski definition) is 2. The molecule has 10 heteroatoms. The Kier molecular flexibility index (Phi) is 5.68. The lowest BCUT2D eigenvalue weighted by Crippen LogP contribution is -2.17. The van der Waals surface area contributed by atoms with E-state index in [4.69, 9.17) is 9.90 Å². The third-order valence-electron chi connectivity index (χ3n) is 4.67. The van der Waals surface area contributed by atoms with Crippen molar-refractivity contribution in [1.82, 2.24) is 9.55 Å². The molecule has 1 amide bonds. The number of hydrogen-bond acceptors (Lipinski definition) is 4. The van der Waals surface area contributed by atoms with E-state index in [1.54, 1.807) is 28.8 Å². The number of aromatic nitrogens is 2. The van der Waals surface area contributed by atoms with Crippen molar-refractivity contribution in [3.05, 3.63) is 53.9 Å². The number of nitrogens with two attached hydrogens (primary N) is 1. The molecule has 0 aliphatic heterocycles. The molecule has 2 heterocycles. The molecule has 2 unspecified atom stereocenters. The van der Waals surface area contributed by atoms with Crippen molar-refractivity contribution in [2.24, 2.45) is 11.7 Å². The highest BCUT2D eigenvalue weighted by Crippen LogP contribution is 2.47. The second-order valence-electron chi connectivity index (χ2n) is 6.73. The predicted octanol–water partition coefficient (Wildman–Crippen LogP) is 3.52. The molecule has 158 valence electrons.